The second-order valence-corrected chi connectivity index (χ2v) is 7.85. The van der Waals surface area contributed by atoms with Crippen LogP contribution in [0.2, 0.25) is 0 Å². The molecule has 1 aromatic rings. The Kier molecular flexibility index (Phi) is 6.47. The van der Waals surface area contributed by atoms with Crippen molar-refractivity contribution in [3.05, 3.63) is 35.6 Å². The van der Waals surface area contributed by atoms with Crippen molar-refractivity contribution in [3.63, 3.8) is 0 Å². The van der Waals surface area contributed by atoms with E-state index in [0.29, 0.717) is 25.4 Å². The van der Waals surface area contributed by atoms with Crippen molar-refractivity contribution in [1.82, 2.24) is 10.2 Å². The van der Waals surface area contributed by atoms with E-state index in [1.807, 2.05) is 4.90 Å². The van der Waals surface area contributed by atoms with Crippen molar-refractivity contribution in [2.24, 2.45) is 5.92 Å². The molecule has 1 spiro atoms. The van der Waals surface area contributed by atoms with E-state index < -0.39 is 0 Å². The third-order valence-corrected chi connectivity index (χ3v) is 5.82. The summed E-state index contributed by atoms with van der Waals surface area (Å²) in [6, 6.07) is 6.13. The van der Waals surface area contributed by atoms with Crippen LogP contribution in [0.25, 0.3) is 0 Å². The summed E-state index contributed by atoms with van der Waals surface area (Å²) in [6.07, 6.45) is 5.06. The highest BCUT2D eigenvalue weighted by atomic mass is 19.1. The fourth-order valence-electron chi connectivity index (χ4n) is 4.23. The van der Waals surface area contributed by atoms with E-state index >= 15 is 0 Å². The Labute approximate surface area is 160 Å². The molecule has 1 aromatic carbocycles. The molecule has 2 amide bonds. The minimum absolute atomic E-state index is 0.0183. The Morgan fingerprint density at radius 2 is 1.96 bits per heavy atom. The number of piperidine rings is 1. The lowest BCUT2D eigenvalue weighted by molar-refractivity contribution is -0.146. The molecule has 0 aliphatic carbocycles. The Bertz CT molecular complexity index is 654. The van der Waals surface area contributed by atoms with Crippen LogP contribution in [-0.4, -0.2) is 48.6 Å². The zero-order chi connectivity index (χ0) is 19.3. The predicted molar refractivity (Wildman–Crippen MR) is 101 cm³/mol. The second kappa shape index (κ2) is 8.83. The van der Waals surface area contributed by atoms with Crippen molar-refractivity contribution in [2.75, 3.05) is 26.2 Å². The Morgan fingerprint density at radius 1 is 1.26 bits per heavy atom. The number of rotatable bonds is 5. The smallest absolute Gasteiger partial charge is 0.226 e. The van der Waals surface area contributed by atoms with Crippen molar-refractivity contribution < 1.29 is 18.7 Å². The highest BCUT2D eigenvalue weighted by molar-refractivity contribution is 5.78. The maximum absolute atomic E-state index is 13.0. The van der Waals surface area contributed by atoms with Gasteiger partial charge in [0.15, 0.2) is 0 Å². The number of benzene rings is 1. The molecular formula is C21H29FN2O3. The van der Waals surface area contributed by atoms with E-state index in [2.05, 4.69) is 5.32 Å². The number of ether oxygens (including phenoxy) is 1. The highest BCUT2D eigenvalue weighted by Crippen LogP contribution is 2.38. The second-order valence-electron chi connectivity index (χ2n) is 7.85. The molecule has 6 heteroatoms. The van der Waals surface area contributed by atoms with Gasteiger partial charge >= 0.3 is 0 Å². The van der Waals surface area contributed by atoms with Crippen LogP contribution in [0.3, 0.4) is 0 Å². The van der Waals surface area contributed by atoms with Crippen LogP contribution >= 0.6 is 0 Å². The summed E-state index contributed by atoms with van der Waals surface area (Å²) >= 11 is 0. The van der Waals surface area contributed by atoms with E-state index in [1.165, 1.54) is 12.1 Å². The Balaban J connectivity index is 1.47. The van der Waals surface area contributed by atoms with Crippen molar-refractivity contribution >= 4 is 11.8 Å². The van der Waals surface area contributed by atoms with E-state index in [0.717, 1.165) is 50.8 Å². The number of likely N-dealkylation sites (tertiary alicyclic amines) is 1. The summed E-state index contributed by atoms with van der Waals surface area (Å²) in [6.45, 7) is 4.44. The van der Waals surface area contributed by atoms with Gasteiger partial charge in [-0.1, -0.05) is 12.1 Å². The average molecular weight is 376 g/mol. The molecule has 1 N–H and O–H groups in total. The molecule has 2 fully saturated rings. The molecule has 148 valence electrons. The largest absolute Gasteiger partial charge is 0.375 e. The molecule has 0 saturated carbocycles. The summed E-state index contributed by atoms with van der Waals surface area (Å²) in [5.74, 6) is 0.389. The maximum Gasteiger partial charge on any atom is 0.226 e. The molecule has 1 atom stereocenters. The molecule has 0 radical (unpaired) electrons. The number of carbonyl (C=O) groups excluding carboxylic acids is 2. The lowest BCUT2D eigenvalue weighted by Crippen LogP contribution is -2.51. The third kappa shape index (κ3) is 5.51. The van der Waals surface area contributed by atoms with Crippen LogP contribution in [0.4, 0.5) is 4.39 Å². The Hall–Kier alpha value is -1.95. The summed E-state index contributed by atoms with van der Waals surface area (Å²) in [5.41, 5.74) is 0.722. The van der Waals surface area contributed by atoms with Gasteiger partial charge in [-0.05, 0) is 55.7 Å². The molecule has 27 heavy (non-hydrogen) atoms. The lowest BCUT2D eigenvalue weighted by atomic mass is 9.78. The zero-order valence-electron chi connectivity index (χ0n) is 16.0. The van der Waals surface area contributed by atoms with Gasteiger partial charge in [-0.25, -0.2) is 4.39 Å². The number of halogens is 1. The van der Waals surface area contributed by atoms with Crippen LogP contribution in [0.1, 0.15) is 44.6 Å². The van der Waals surface area contributed by atoms with Crippen LogP contribution in [-0.2, 0) is 20.7 Å². The van der Waals surface area contributed by atoms with Gasteiger partial charge in [-0.2, -0.15) is 0 Å². The topological polar surface area (TPSA) is 58.6 Å². The molecule has 2 aliphatic heterocycles. The third-order valence-electron chi connectivity index (χ3n) is 5.82. The van der Waals surface area contributed by atoms with Gasteiger partial charge in [0.05, 0.1) is 12.0 Å². The molecule has 2 aliphatic rings. The predicted octanol–water partition coefficient (Wildman–Crippen LogP) is 2.68. The molecule has 5 nitrogen and oxygen atoms in total. The lowest BCUT2D eigenvalue weighted by Gasteiger charge is -2.46. The van der Waals surface area contributed by atoms with Crippen LogP contribution in [0.5, 0.6) is 0 Å². The van der Waals surface area contributed by atoms with Gasteiger partial charge in [0.25, 0.3) is 0 Å². The van der Waals surface area contributed by atoms with Crippen LogP contribution in [0, 0.1) is 11.7 Å². The first-order chi connectivity index (χ1) is 13.0. The highest BCUT2D eigenvalue weighted by Gasteiger charge is 2.40. The first-order valence-electron chi connectivity index (χ1n) is 9.86. The quantitative estimate of drug-likeness (QED) is 0.860. The van der Waals surface area contributed by atoms with Gasteiger partial charge in [-0.3, -0.25) is 9.59 Å². The summed E-state index contributed by atoms with van der Waals surface area (Å²) in [7, 11) is 0. The monoisotopic (exact) mass is 376 g/mol. The van der Waals surface area contributed by atoms with Crippen molar-refractivity contribution in [3.8, 4) is 0 Å². The molecule has 0 aromatic heterocycles. The first kappa shape index (κ1) is 19.8. The number of hydrogen-bond donors (Lipinski definition) is 1. The molecule has 0 bridgehead atoms. The van der Waals surface area contributed by atoms with E-state index in [4.69, 9.17) is 4.74 Å². The molecule has 3 rings (SSSR count). The standard InChI is InChI=1S/C21H29FN2O3/c1-16(25)23-10-6-18-7-13-27-21(15-18)8-11-24(12-9-21)20(26)14-17-2-4-19(22)5-3-17/h2-5,18H,6-15H2,1H3,(H,23,25). The van der Waals surface area contributed by atoms with Gasteiger partial charge in [0.1, 0.15) is 5.82 Å². The van der Waals surface area contributed by atoms with E-state index in [-0.39, 0.29) is 23.2 Å². The average Bonchev–Trinajstić information content (AvgIpc) is 2.64. The van der Waals surface area contributed by atoms with Crippen LogP contribution in [0.15, 0.2) is 24.3 Å². The molecule has 2 saturated heterocycles. The number of nitrogens with one attached hydrogen (secondary N) is 1. The summed E-state index contributed by atoms with van der Waals surface area (Å²) < 4.78 is 19.2. The SMILES string of the molecule is CC(=O)NCCC1CCOC2(CCN(C(=O)Cc3ccc(F)cc3)CC2)C1. The normalized spacial score (nSPS) is 21.9. The number of carbonyl (C=O) groups is 2. The fourth-order valence-corrected chi connectivity index (χ4v) is 4.23. The van der Waals surface area contributed by atoms with Crippen molar-refractivity contribution in [1.29, 1.82) is 0 Å². The summed E-state index contributed by atoms with van der Waals surface area (Å²) in [4.78, 5) is 25.5. The van der Waals surface area contributed by atoms with Gasteiger partial charge in [0.2, 0.25) is 11.8 Å². The molecule has 2 heterocycles. The van der Waals surface area contributed by atoms with Crippen molar-refractivity contribution in [2.45, 2.75) is 51.0 Å². The fraction of sp³-hybridized carbons (Fsp3) is 0.619. The molecular weight excluding hydrogens is 347 g/mol. The Morgan fingerprint density at radius 3 is 2.63 bits per heavy atom. The minimum Gasteiger partial charge on any atom is -0.375 e. The molecule has 1 unspecified atom stereocenters. The zero-order valence-corrected chi connectivity index (χ0v) is 16.0. The first-order valence-corrected chi connectivity index (χ1v) is 9.86. The van der Waals surface area contributed by atoms with E-state index in [1.54, 1.807) is 19.1 Å². The number of hydrogen-bond acceptors (Lipinski definition) is 3. The minimum atomic E-state index is -0.284. The van der Waals surface area contributed by atoms with Crippen LogP contribution < -0.4 is 5.32 Å². The van der Waals surface area contributed by atoms with E-state index in [9.17, 15) is 14.0 Å². The van der Waals surface area contributed by atoms with Gasteiger partial charge in [0, 0.05) is 33.2 Å². The van der Waals surface area contributed by atoms with Gasteiger partial charge < -0.3 is 15.0 Å². The number of nitrogens with zero attached hydrogens (tertiary/aromatic N) is 1. The summed E-state index contributed by atoms with van der Waals surface area (Å²) in [5, 5.41) is 2.88. The maximum atomic E-state index is 13.0. The van der Waals surface area contributed by atoms with Gasteiger partial charge in [-0.15, -0.1) is 0 Å². The number of amides is 2.